The highest BCUT2D eigenvalue weighted by molar-refractivity contribution is 7.99. The average molecular weight is 399 g/mol. The molecule has 1 saturated heterocycles. The molecule has 5 nitrogen and oxygen atoms in total. The maximum atomic E-state index is 12.4. The quantitative estimate of drug-likeness (QED) is 0.727. The van der Waals surface area contributed by atoms with Crippen LogP contribution in [-0.4, -0.2) is 59.4 Å². The van der Waals surface area contributed by atoms with E-state index in [9.17, 15) is 14.7 Å². The van der Waals surface area contributed by atoms with Crippen molar-refractivity contribution in [1.29, 1.82) is 0 Å². The van der Waals surface area contributed by atoms with Crippen molar-refractivity contribution >= 4 is 29.1 Å². The van der Waals surface area contributed by atoms with E-state index in [4.69, 9.17) is 0 Å². The second kappa shape index (κ2) is 9.75. The molecule has 1 amide bonds. The molecule has 1 fully saturated rings. The predicted molar refractivity (Wildman–Crippen MR) is 114 cm³/mol. The summed E-state index contributed by atoms with van der Waals surface area (Å²) in [6, 6.07) is 17.2. The molecule has 0 aliphatic carbocycles. The van der Waals surface area contributed by atoms with Crippen molar-refractivity contribution in [2.24, 2.45) is 0 Å². The number of benzene rings is 2. The van der Waals surface area contributed by atoms with Crippen LogP contribution in [0.1, 0.15) is 28.9 Å². The molecular weight excluding hydrogens is 372 g/mol. The van der Waals surface area contributed by atoms with Gasteiger partial charge in [0.25, 0.3) is 0 Å². The van der Waals surface area contributed by atoms with Gasteiger partial charge in [0.05, 0.1) is 11.9 Å². The lowest BCUT2D eigenvalue weighted by atomic mass is 10.1. The molecule has 0 bridgehead atoms. The third kappa shape index (κ3) is 5.36. The number of thioether (sulfide) groups is 1. The van der Waals surface area contributed by atoms with E-state index in [2.05, 4.69) is 4.90 Å². The second-order valence-corrected chi connectivity index (χ2v) is 7.94. The van der Waals surface area contributed by atoms with E-state index in [0.717, 1.165) is 24.3 Å². The first-order chi connectivity index (χ1) is 13.5. The number of anilines is 1. The van der Waals surface area contributed by atoms with Gasteiger partial charge in [-0.3, -0.25) is 9.59 Å². The van der Waals surface area contributed by atoms with Crippen LogP contribution in [0.15, 0.2) is 54.6 Å². The molecule has 0 saturated carbocycles. The highest BCUT2D eigenvalue weighted by atomic mass is 32.2. The molecule has 28 heavy (non-hydrogen) atoms. The minimum atomic E-state index is -0.547. The number of aliphatic hydroxyl groups excluding tert-OH is 1. The number of ketones is 1. The van der Waals surface area contributed by atoms with Gasteiger partial charge in [0, 0.05) is 43.2 Å². The Balaban J connectivity index is 1.41. The lowest BCUT2D eigenvalue weighted by molar-refractivity contribution is -0.128. The molecule has 1 unspecified atom stereocenters. The lowest BCUT2D eigenvalue weighted by Gasteiger charge is -2.36. The van der Waals surface area contributed by atoms with E-state index in [0.29, 0.717) is 30.2 Å². The fourth-order valence-electron chi connectivity index (χ4n) is 3.24. The van der Waals surface area contributed by atoms with E-state index in [-0.39, 0.29) is 11.7 Å². The lowest BCUT2D eigenvalue weighted by Crippen LogP contribution is -2.49. The molecule has 1 heterocycles. The summed E-state index contributed by atoms with van der Waals surface area (Å²) < 4.78 is 0. The topological polar surface area (TPSA) is 60.9 Å². The molecule has 3 rings (SSSR count). The largest absolute Gasteiger partial charge is 0.388 e. The number of piperazine rings is 1. The number of nitrogens with zero attached hydrogens (tertiary/aromatic N) is 2. The molecule has 1 aliphatic rings. The van der Waals surface area contributed by atoms with Gasteiger partial charge in [0.2, 0.25) is 5.91 Å². The average Bonchev–Trinajstić information content (AvgIpc) is 2.74. The Morgan fingerprint density at radius 1 is 1.00 bits per heavy atom. The number of amides is 1. The Morgan fingerprint density at radius 2 is 1.64 bits per heavy atom. The number of carbonyl (C=O) groups is 2. The van der Waals surface area contributed by atoms with Gasteiger partial charge in [-0.05, 0) is 36.8 Å². The summed E-state index contributed by atoms with van der Waals surface area (Å²) in [5.41, 5.74) is 2.68. The molecule has 2 aromatic rings. The minimum Gasteiger partial charge on any atom is -0.388 e. The van der Waals surface area contributed by atoms with Crippen molar-refractivity contribution in [3.63, 3.8) is 0 Å². The van der Waals surface area contributed by atoms with Gasteiger partial charge < -0.3 is 14.9 Å². The predicted octanol–water partition coefficient (Wildman–Crippen LogP) is 3.00. The van der Waals surface area contributed by atoms with Crippen LogP contribution in [0.5, 0.6) is 0 Å². The normalized spacial score (nSPS) is 15.4. The molecule has 1 atom stereocenters. The molecular formula is C22H26N2O3S. The van der Waals surface area contributed by atoms with E-state index in [1.807, 2.05) is 59.5 Å². The summed E-state index contributed by atoms with van der Waals surface area (Å²) in [7, 11) is 0. The van der Waals surface area contributed by atoms with Gasteiger partial charge >= 0.3 is 0 Å². The summed E-state index contributed by atoms with van der Waals surface area (Å²) in [5.74, 6) is 1.09. The molecule has 0 radical (unpaired) electrons. The molecule has 148 valence electrons. The van der Waals surface area contributed by atoms with Crippen molar-refractivity contribution in [2.75, 3.05) is 42.6 Å². The van der Waals surface area contributed by atoms with Gasteiger partial charge in [-0.2, -0.15) is 0 Å². The number of carbonyl (C=O) groups excluding carboxylic acids is 2. The molecule has 0 spiro atoms. The van der Waals surface area contributed by atoms with Crippen LogP contribution in [0, 0.1) is 0 Å². The zero-order chi connectivity index (χ0) is 19.9. The molecule has 0 aromatic heterocycles. The van der Waals surface area contributed by atoms with Crippen molar-refractivity contribution in [3.8, 4) is 0 Å². The first-order valence-corrected chi connectivity index (χ1v) is 10.6. The SMILES string of the molecule is CC(=O)c1ccc(N2CCN(C(=O)CSCC(O)c3ccccc3)CC2)cc1. The second-order valence-electron chi connectivity index (χ2n) is 6.91. The molecule has 2 aromatic carbocycles. The van der Waals surface area contributed by atoms with E-state index >= 15 is 0 Å². The van der Waals surface area contributed by atoms with E-state index in [1.54, 1.807) is 6.92 Å². The summed E-state index contributed by atoms with van der Waals surface area (Å²) in [4.78, 5) is 28.0. The zero-order valence-corrected chi connectivity index (χ0v) is 16.9. The maximum absolute atomic E-state index is 12.4. The van der Waals surface area contributed by atoms with Gasteiger partial charge in [-0.1, -0.05) is 30.3 Å². The minimum absolute atomic E-state index is 0.0665. The summed E-state index contributed by atoms with van der Waals surface area (Å²) in [6.07, 6.45) is -0.547. The summed E-state index contributed by atoms with van der Waals surface area (Å²) in [5, 5.41) is 10.2. The Bertz CT molecular complexity index is 787. The van der Waals surface area contributed by atoms with Gasteiger partial charge in [0.1, 0.15) is 0 Å². The monoisotopic (exact) mass is 398 g/mol. The third-order valence-corrected chi connectivity index (χ3v) is 5.96. The van der Waals surface area contributed by atoms with Gasteiger partial charge in [-0.15, -0.1) is 11.8 Å². The fourth-order valence-corrected chi connectivity index (χ4v) is 4.13. The molecule has 1 N–H and O–H groups in total. The van der Waals surface area contributed by atoms with Gasteiger partial charge in [-0.25, -0.2) is 0 Å². The number of rotatable bonds is 7. The molecule has 1 aliphatic heterocycles. The van der Waals surface area contributed by atoms with Crippen LogP contribution >= 0.6 is 11.8 Å². The number of hydrogen-bond donors (Lipinski definition) is 1. The van der Waals surface area contributed by atoms with Crippen molar-refractivity contribution in [1.82, 2.24) is 4.90 Å². The fraction of sp³-hybridized carbons (Fsp3) is 0.364. The highest BCUT2D eigenvalue weighted by Crippen LogP contribution is 2.20. The third-order valence-electron chi connectivity index (χ3n) is 4.96. The Labute approximate surface area is 170 Å². The highest BCUT2D eigenvalue weighted by Gasteiger charge is 2.21. The molecule has 6 heteroatoms. The number of hydrogen-bond acceptors (Lipinski definition) is 5. The summed E-state index contributed by atoms with van der Waals surface area (Å²) in [6.45, 7) is 4.51. The van der Waals surface area contributed by atoms with E-state index < -0.39 is 6.10 Å². The Kier molecular flexibility index (Phi) is 7.12. The first kappa shape index (κ1) is 20.4. The standard InChI is InChI=1S/C22H26N2O3S/c1-17(25)18-7-9-20(10-8-18)23-11-13-24(14-12-23)22(27)16-28-15-21(26)19-5-3-2-4-6-19/h2-10,21,26H,11-16H2,1H3. The van der Waals surface area contributed by atoms with E-state index in [1.165, 1.54) is 11.8 Å². The van der Waals surface area contributed by atoms with Crippen LogP contribution in [0.4, 0.5) is 5.69 Å². The number of aliphatic hydroxyl groups is 1. The number of Topliss-reactive ketones (excluding diaryl/α,β-unsaturated/α-hetero) is 1. The van der Waals surface area contributed by atoms with Crippen LogP contribution in [-0.2, 0) is 4.79 Å². The van der Waals surface area contributed by atoms with Crippen LogP contribution in [0.2, 0.25) is 0 Å². The maximum Gasteiger partial charge on any atom is 0.232 e. The van der Waals surface area contributed by atoms with Crippen LogP contribution in [0.3, 0.4) is 0 Å². The zero-order valence-electron chi connectivity index (χ0n) is 16.1. The van der Waals surface area contributed by atoms with Gasteiger partial charge in [0.15, 0.2) is 5.78 Å². The van der Waals surface area contributed by atoms with Crippen molar-refractivity contribution in [3.05, 3.63) is 65.7 Å². The van der Waals surface area contributed by atoms with Crippen molar-refractivity contribution in [2.45, 2.75) is 13.0 Å². The van der Waals surface area contributed by atoms with Crippen LogP contribution in [0.25, 0.3) is 0 Å². The van der Waals surface area contributed by atoms with Crippen LogP contribution < -0.4 is 4.90 Å². The summed E-state index contributed by atoms with van der Waals surface area (Å²) >= 11 is 1.47. The first-order valence-electron chi connectivity index (χ1n) is 9.49. The Hall–Kier alpha value is -2.31. The smallest absolute Gasteiger partial charge is 0.232 e. The van der Waals surface area contributed by atoms with Crippen molar-refractivity contribution < 1.29 is 14.7 Å². The Morgan fingerprint density at radius 3 is 2.25 bits per heavy atom.